The number of piperazine rings is 1. The van der Waals surface area contributed by atoms with E-state index in [0.717, 1.165) is 13.1 Å². The monoisotopic (exact) mass is 185 g/mol. The maximum absolute atomic E-state index is 11.2. The lowest BCUT2D eigenvalue weighted by Gasteiger charge is -2.36. The van der Waals surface area contributed by atoms with Crippen LogP contribution in [0.3, 0.4) is 0 Å². The summed E-state index contributed by atoms with van der Waals surface area (Å²) in [6.45, 7) is 6.72. The smallest absolute Gasteiger partial charge is 0.233 e. The van der Waals surface area contributed by atoms with Crippen molar-refractivity contribution in [2.24, 2.45) is 0 Å². The van der Waals surface area contributed by atoms with Gasteiger partial charge in [0.05, 0.1) is 6.54 Å². The van der Waals surface area contributed by atoms with Crippen LogP contribution in [0.25, 0.3) is 0 Å². The van der Waals surface area contributed by atoms with Crippen molar-refractivity contribution >= 4 is 5.91 Å². The fourth-order valence-corrected chi connectivity index (χ4v) is 1.58. The number of hydrogen-bond donors (Lipinski definition) is 2. The molecule has 2 atom stereocenters. The summed E-state index contributed by atoms with van der Waals surface area (Å²) in [4.78, 5) is 13.4. The van der Waals surface area contributed by atoms with Gasteiger partial charge >= 0.3 is 0 Å². The van der Waals surface area contributed by atoms with E-state index in [4.69, 9.17) is 0 Å². The first-order valence-corrected chi connectivity index (χ1v) is 4.81. The fraction of sp³-hybridized carbons (Fsp3) is 0.889. The number of amides is 1. The molecule has 4 nitrogen and oxygen atoms in total. The molecular weight excluding hydrogens is 166 g/mol. The van der Waals surface area contributed by atoms with E-state index in [1.807, 2.05) is 0 Å². The van der Waals surface area contributed by atoms with Gasteiger partial charge in [-0.1, -0.05) is 0 Å². The molecule has 13 heavy (non-hydrogen) atoms. The number of carbonyl (C=O) groups is 1. The van der Waals surface area contributed by atoms with Crippen LogP contribution in [0.2, 0.25) is 0 Å². The zero-order valence-electron chi connectivity index (χ0n) is 8.63. The third kappa shape index (κ3) is 2.97. The molecule has 1 aliphatic rings. The summed E-state index contributed by atoms with van der Waals surface area (Å²) in [5.41, 5.74) is 0. The number of carbonyl (C=O) groups excluding carboxylic acids is 1. The van der Waals surface area contributed by atoms with Gasteiger partial charge in [-0.15, -0.1) is 0 Å². The van der Waals surface area contributed by atoms with Gasteiger partial charge in [-0.25, -0.2) is 0 Å². The van der Waals surface area contributed by atoms with Crippen molar-refractivity contribution in [3.05, 3.63) is 0 Å². The van der Waals surface area contributed by atoms with E-state index in [2.05, 4.69) is 29.4 Å². The Hall–Kier alpha value is -0.610. The van der Waals surface area contributed by atoms with Crippen LogP contribution in [0.5, 0.6) is 0 Å². The average molecular weight is 185 g/mol. The number of nitrogens with one attached hydrogen (secondary N) is 2. The van der Waals surface area contributed by atoms with Gasteiger partial charge in [-0.3, -0.25) is 9.69 Å². The number of likely N-dealkylation sites (N-methyl/N-ethyl adjacent to an activating group) is 1. The average Bonchev–Trinajstić information content (AvgIpc) is 2.11. The molecule has 1 amide bonds. The molecular formula is C9H19N3O. The second-order valence-electron chi connectivity index (χ2n) is 3.76. The SMILES string of the molecule is CNC(=O)CN1CC(C)NCC1C. The highest BCUT2D eigenvalue weighted by atomic mass is 16.1. The summed E-state index contributed by atoms with van der Waals surface area (Å²) < 4.78 is 0. The Morgan fingerprint density at radius 3 is 2.92 bits per heavy atom. The van der Waals surface area contributed by atoms with E-state index >= 15 is 0 Å². The molecule has 76 valence electrons. The van der Waals surface area contributed by atoms with E-state index < -0.39 is 0 Å². The molecule has 4 heteroatoms. The standard InChI is InChI=1S/C9H19N3O/c1-7-5-12(6-9(13)10-3)8(2)4-11-7/h7-8,11H,4-6H2,1-3H3,(H,10,13). The Morgan fingerprint density at radius 1 is 1.62 bits per heavy atom. The predicted molar refractivity (Wildman–Crippen MR) is 52.6 cm³/mol. The molecule has 0 bridgehead atoms. The highest BCUT2D eigenvalue weighted by Crippen LogP contribution is 2.05. The number of hydrogen-bond acceptors (Lipinski definition) is 3. The Balaban J connectivity index is 2.41. The normalized spacial score (nSPS) is 30.1. The van der Waals surface area contributed by atoms with Gasteiger partial charge in [0.1, 0.15) is 0 Å². The third-order valence-electron chi connectivity index (χ3n) is 2.52. The first-order chi connectivity index (χ1) is 6.13. The second kappa shape index (κ2) is 4.58. The zero-order valence-corrected chi connectivity index (χ0v) is 8.63. The van der Waals surface area contributed by atoms with Crippen molar-refractivity contribution < 1.29 is 4.79 Å². The quantitative estimate of drug-likeness (QED) is 0.604. The van der Waals surface area contributed by atoms with Crippen LogP contribution >= 0.6 is 0 Å². The summed E-state index contributed by atoms with van der Waals surface area (Å²) >= 11 is 0. The molecule has 1 rings (SSSR count). The Morgan fingerprint density at radius 2 is 2.31 bits per heavy atom. The van der Waals surface area contributed by atoms with E-state index in [9.17, 15) is 4.79 Å². The molecule has 2 unspecified atom stereocenters. The van der Waals surface area contributed by atoms with Gasteiger partial charge in [0.15, 0.2) is 0 Å². The second-order valence-corrected chi connectivity index (χ2v) is 3.76. The van der Waals surface area contributed by atoms with Gasteiger partial charge < -0.3 is 10.6 Å². The molecule has 2 N–H and O–H groups in total. The Bertz CT molecular complexity index is 184. The summed E-state index contributed by atoms with van der Waals surface area (Å²) in [6, 6.07) is 0.939. The van der Waals surface area contributed by atoms with E-state index in [1.165, 1.54) is 0 Å². The van der Waals surface area contributed by atoms with Crippen LogP contribution in [0.1, 0.15) is 13.8 Å². The van der Waals surface area contributed by atoms with Gasteiger partial charge in [0.2, 0.25) is 5.91 Å². The van der Waals surface area contributed by atoms with Gasteiger partial charge in [0, 0.05) is 32.2 Å². The minimum absolute atomic E-state index is 0.0981. The summed E-state index contributed by atoms with van der Waals surface area (Å²) in [5.74, 6) is 0.0981. The van der Waals surface area contributed by atoms with Crippen LogP contribution < -0.4 is 10.6 Å². The van der Waals surface area contributed by atoms with Crippen molar-refractivity contribution in [1.29, 1.82) is 0 Å². The van der Waals surface area contributed by atoms with Gasteiger partial charge in [-0.2, -0.15) is 0 Å². The van der Waals surface area contributed by atoms with Crippen molar-refractivity contribution in [2.75, 3.05) is 26.7 Å². The lowest BCUT2D eigenvalue weighted by molar-refractivity contribution is -0.122. The van der Waals surface area contributed by atoms with Crippen LogP contribution in [0, 0.1) is 0 Å². The summed E-state index contributed by atoms with van der Waals surface area (Å²) in [5, 5.41) is 6.03. The van der Waals surface area contributed by atoms with Crippen LogP contribution in [0.15, 0.2) is 0 Å². The highest BCUT2D eigenvalue weighted by Gasteiger charge is 2.23. The third-order valence-corrected chi connectivity index (χ3v) is 2.52. The molecule has 0 aromatic rings. The first-order valence-electron chi connectivity index (χ1n) is 4.81. The predicted octanol–water partition coefficient (Wildman–Crippen LogP) is -0.585. The van der Waals surface area contributed by atoms with E-state index in [0.29, 0.717) is 18.6 Å². The number of nitrogens with zero attached hydrogens (tertiary/aromatic N) is 1. The van der Waals surface area contributed by atoms with Crippen molar-refractivity contribution in [2.45, 2.75) is 25.9 Å². The molecule has 1 fully saturated rings. The molecule has 0 aromatic heterocycles. The minimum Gasteiger partial charge on any atom is -0.358 e. The summed E-state index contributed by atoms with van der Waals surface area (Å²) in [6.07, 6.45) is 0. The van der Waals surface area contributed by atoms with Crippen molar-refractivity contribution in [3.63, 3.8) is 0 Å². The molecule has 0 spiro atoms. The summed E-state index contributed by atoms with van der Waals surface area (Å²) in [7, 11) is 1.68. The zero-order chi connectivity index (χ0) is 9.84. The van der Waals surface area contributed by atoms with Gasteiger partial charge in [0.25, 0.3) is 0 Å². The van der Waals surface area contributed by atoms with E-state index in [-0.39, 0.29) is 5.91 Å². The minimum atomic E-state index is 0.0981. The molecule has 1 heterocycles. The molecule has 0 radical (unpaired) electrons. The van der Waals surface area contributed by atoms with Crippen LogP contribution in [0.4, 0.5) is 0 Å². The van der Waals surface area contributed by atoms with Crippen LogP contribution in [-0.4, -0.2) is 49.6 Å². The Kier molecular flexibility index (Phi) is 3.69. The van der Waals surface area contributed by atoms with E-state index in [1.54, 1.807) is 7.05 Å². The van der Waals surface area contributed by atoms with Crippen molar-refractivity contribution in [1.82, 2.24) is 15.5 Å². The molecule has 0 aromatic carbocycles. The molecule has 1 aliphatic heterocycles. The highest BCUT2D eigenvalue weighted by molar-refractivity contribution is 5.77. The first kappa shape index (κ1) is 10.5. The molecule has 1 saturated heterocycles. The Labute approximate surface area is 79.7 Å². The van der Waals surface area contributed by atoms with Crippen LogP contribution in [-0.2, 0) is 4.79 Å². The topological polar surface area (TPSA) is 44.4 Å². The number of rotatable bonds is 2. The molecule has 0 aliphatic carbocycles. The van der Waals surface area contributed by atoms with Gasteiger partial charge in [-0.05, 0) is 13.8 Å². The maximum Gasteiger partial charge on any atom is 0.233 e. The fourth-order valence-electron chi connectivity index (χ4n) is 1.58. The lowest BCUT2D eigenvalue weighted by Crippen LogP contribution is -2.56. The lowest BCUT2D eigenvalue weighted by atomic mass is 10.1. The molecule has 0 saturated carbocycles. The largest absolute Gasteiger partial charge is 0.358 e. The maximum atomic E-state index is 11.2. The van der Waals surface area contributed by atoms with Crippen molar-refractivity contribution in [3.8, 4) is 0 Å².